The Balaban J connectivity index is 1.91. The predicted molar refractivity (Wildman–Crippen MR) is 79.9 cm³/mol. The highest BCUT2D eigenvalue weighted by Gasteiger charge is 2.28. The average molecular weight is 301 g/mol. The van der Waals surface area contributed by atoms with E-state index in [0.29, 0.717) is 16.3 Å². The van der Waals surface area contributed by atoms with Gasteiger partial charge in [-0.15, -0.1) is 0 Å². The fourth-order valence-corrected chi connectivity index (χ4v) is 3.75. The average Bonchev–Trinajstić information content (AvgIpc) is 2.78. The number of nitro benzene ring substituents is 1. The van der Waals surface area contributed by atoms with Crippen LogP contribution in [0.25, 0.3) is 0 Å². The number of nitrogens with one attached hydrogen (secondary N) is 1. The number of rotatable bonds is 5. The van der Waals surface area contributed by atoms with Crippen LogP contribution in [-0.4, -0.2) is 22.0 Å². The van der Waals surface area contributed by atoms with Gasteiger partial charge in [0.2, 0.25) is 0 Å². The van der Waals surface area contributed by atoms with Crippen molar-refractivity contribution in [2.24, 2.45) is 0 Å². The summed E-state index contributed by atoms with van der Waals surface area (Å²) in [5.41, 5.74) is 0.936. The highest BCUT2D eigenvalue weighted by molar-refractivity contribution is 8.00. The molecular formula is C13H17ClN2O2S. The minimum atomic E-state index is -0.431. The van der Waals surface area contributed by atoms with E-state index in [-0.39, 0.29) is 5.69 Å². The molecule has 19 heavy (non-hydrogen) atoms. The molecule has 1 unspecified atom stereocenters. The summed E-state index contributed by atoms with van der Waals surface area (Å²) in [6, 6.07) is 4.62. The lowest BCUT2D eigenvalue weighted by Gasteiger charge is -2.23. The second-order valence-corrected chi connectivity index (χ2v) is 7.13. The summed E-state index contributed by atoms with van der Waals surface area (Å²) in [5.74, 6) is 1.23. The lowest BCUT2D eigenvalue weighted by atomic mass is 10.1. The van der Waals surface area contributed by atoms with Gasteiger partial charge in [-0.05, 0) is 37.1 Å². The van der Waals surface area contributed by atoms with E-state index < -0.39 is 4.92 Å². The maximum absolute atomic E-state index is 10.6. The molecule has 1 aliphatic rings. The molecule has 1 saturated heterocycles. The van der Waals surface area contributed by atoms with Crippen LogP contribution in [0.2, 0.25) is 5.02 Å². The Morgan fingerprint density at radius 2 is 2.37 bits per heavy atom. The Labute approximate surface area is 122 Å². The second-order valence-electron chi connectivity index (χ2n) is 5.04. The topological polar surface area (TPSA) is 55.2 Å². The van der Waals surface area contributed by atoms with E-state index in [2.05, 4.69) is 12.2 Å². The first-order valence-electron chi connectivity index (χ1n) is 6.28. The number of hydrogen-bond acceptors (Lipinski definition) is 4. The zero-order valence-corrected chi connectivity index (χ0v) is 12.4. The number of halogens is 1. The molecule has 1 atom stereocenters. The molecule has 0 bridgehead atoms. The molecule has 1 aromatic carbocycles. The molecule has 1 heterocycles. The molecule has 0 amide bonds. The molecule has 0 aliphatic carbocycles. The summed E-state index contributed by atoms with van der Waals surface area (Å²) in [4.78, 5) is 10.2. The molecule has 0 aromatic heterocycles. The fraction of sp³-hybridized carbons (Fsp3) is 0.538. The third kappa shape index (κ3) is 3.84. The van der Waals surface area contributed by atoms with Crippen molar-refractivity contribution in [3.05, 3.63) is 38.9 Å². The smallest absolute Gasteiger partial charge is 0.270 e. The van der Waals surface area contributed by atoms with Crippen LogP contribution in [0, 0.1) is 10.1 Å². The van der Waals surface area contributed by atoms with Crippen molar-refractivity contribution in [1.82, 2.24) is 5.32 Å². The maximum Gasteiger partial charge on any atom is 0.270 e. The molecule has 1 fully saturated rings. The minimum absolute atomic E-state index is 0.0343. The third-order valence-electron chi connectivity index (χ3n) is 3.36. The van der Waals surface area contributed by atoms with E-state index in [1.807, 2.05) is 11.8 Å². The number of nitrogens with zero attached hydrogens (tertiary/aromatic N) is 1. The van der Waals surface area contributed by atoms with Gasteiger partial charge in [-0.2, -0.15) is 11.8 Å². The highest BCUT2D eigenvalue weighted by Crippen LogP contribution is 2.37. The van der Waals surface area contributed by atoms with Crippen molar-refractivity contribution >= 4 is 29.1 Å². The molecule has 1 aliphatic heterocycles. The Morgan fingerprint density at radius 1 is 1.58 bits per heavy atom. The predicted octanol–water partition coefficient (Wildman–Crippen LogP) is 3.62. The van der Waals surface area contributed by atoms with E-state index in [1.54, 1.807) is 6.07 Å². The van der Waals surface area contributed by atoms with Gasteiger partial charge in [0.05, 0.1) is 9.95 Å². The van der Waals surface area contributed by atoms with Crippen molar-refractivity contribution in [3.8, 4) is 0 Å². The standard InChI is InChI=1S/C13H17ClN2O2S/c1-13(5-2-6-19-13)9-15-8-10-3-4-11(16(17)18)7-12(10)14/h3-4,7,15H,2,5-6,8-9H2,1H3. The summed E-state index contributed by atoms with van der Waals surface area (Å²) >= 11 is 8.06. The largest absolute Gasteiger partial charge is 0.311 e. The van der Waals surface area contributed by atoms with Crippen molar-refractivity contribution in [3.63, 3.8) is 0 Å². The van der Waals surface area contributed by atoms with Crippen LogP contribution < -0.4 is 5.32 Å². The Kier molecular flexibility index (Phi) is 4.71. The van der Waals surface area contributed by atoms with Gasteiger partial charge in [-0.3, -0.25) is 10.1 Å². The first-order chi connectivity index (χ1) is 9.00. The number of non-ortho nitro benzene ring substituents is 1. The van der Waals surface area contributed by atoms with E-state index in [4.69, 9.17) is 11.6 Å². The molecule has 1 N–H and O–H groups in total. The van der Waals surface area contributed by atoms with Crippen molar-refractivity contribution in [2.45, 2.75) is 31.1 Å². The van der Waals surface area contributed by atoms with E-state index >= 15 is 0 Å². The molecule has 0 saturated carbocycles. The van der Waals surface area contributed by atoms with E-state index in [0.717, 1.165) is 12.1 Å². The normalized spacial score (nSPS) is 22.6. The first-order valence-corrected chi connectivity index (χ1v) is 7.64. The van der Waals surface area contributed by atoms with Crippen LogP contribution >= 0.6 is 23.4 Å². The van der Waals surface area contributed by atoms with Crippen molar-refractivity contribution in [2.75, 3.05) is 12.3 Å². The van der Waals surface area contributed by atoms with Gasteiger partial charge in [0.1, 0.15) is 0 Å². The zero-order valence-electron chi connectivity index (χ0n) is 10.8. The number of benzene rings is 1. The van der Waals surface area contributed by atoms with Crippen LogP contribution in [0.15, 0.2) is 18.2 Å². The third-order valence-corrected chi connectivity index (χ3v) is 5.25. The summed E-state index contributed by atoms with van der Waals surface area (Å²) in [6.45, 7) is 3.85. The fourth-order valence-electron chi connectivity index (χ4n) is 2.23. The SMILES string of the molecule is CC1(CNCc2ccc([N+](=O)[O-])cc2Cl)CCCS1. The van der Waals surface area contributed by atoms with Crippen molar-refractivity contribution in [1.29, 1.82) is 0 Å². The summed E-state index contributed by atoms with van der Waals surface area (Å²) in [5, 5.41) is 14.5. The molecule has 2 rings (SSSR count). The quantitative estimate of drug-likeness (QED) is 0.666. The Morgan fingerprint density at radius 3 is 2.95 bits per heavy atom. The number of thioether (sulfide) groups is 1. The van der Waals surface area contributed by atoms with Gasteiger partial charge < -0.3 is 5.32 Å². The first kappa shape index (κ1) is 14.6. The van der Waals surface area contributed by atoms with Crippen LogP contribution in [0.3, 0.4) is 0 Å². The summed E-state index contributed by atoms with van der Waals surface area (Å²) < 4.78 is 0.313. The van der Waals surface area contributed by atoms with Gasteiger partial charge in [0, 0.05) is 30.0 Å². The highest BCUT2D eigenvalue weighted by atomic mass is 35.5. The van der Waals surface area contributed by atoms with Crippen LogP contribution in [0.5, 0.6) is 0 Å². The van der Waals surface area contributed by atoms with Crippen molar-refractivity contribution < 1.29 is 4.92 Å². The summed E-state index contributed by atoms with van der Waals surface area (Å²) in [7, 11) is 0. The van der Waals surface area contributed by atoms with E-state index in [1.165, 1.54) is 30.7 Å². The van der Waals surface area contributed by atoms with Crippen LogP contribution in [0.4, 0.5) is 5.69 Å². The second kappa shape index (κ2) is 6.11. The maximum atomic E-state index is 10.6. The molecular weight excluding hydrogens is 284 g/mol. The lowest BCUT2D eigenvalue weighted by molar-refractivity contribution is -0.384. The molecule has 0 spiro atoms. The zero-order chi connectivity index (χ0) is 13.9. The molecule has 6 heteroatoms. The molecule has 1 aromatic rings. The Bertz CT molecular complexity index is 476. The van der Waals surface area contributed by atoms with Gasteiger partial charge in [-0.25, -0.2) is 0 Å². The molecule has 0 radical (unpaired) electrons. The lowest BCUT2D eigenvalue weighted by Crippen LogP contribution is -2.32. The van der Waals surface area contributed by atoms with Gasteiger partial charge in [0.25, 0.3) is 5.69 Å². The Hall–Kier alpha value is -0.780. The van der Waals surface area contributed by atoms with Gasteiger partial charge >= 0.3 is 0 Å². The number of hydrogen-bond donors (Lipinski definition) is 1. The van der Waals surface area contributed by atoms with Gasteiger partial charge in [-0.1, -0.05) is 11.6 Å². The monoisotopic (exact) mass is 300 g/mol. The minimum Gasteiger partial charge on any atom is -0.311 e. The molecule has 104 valence electrons. The summed E-state index contributed by atoms with van der Waals surface area (Å²) in [6.07, 6.45) is 2.51. The molecule has 4 nitrogen and oxygen atoms in total. The van der Waals surface area contributed by atoms with Gasteiger partial charge in [0.15, 0.2) is 0 Å². The van der Waals surface area contributed by atoms with Crippen LogP contribution in [-0.2, 0) is 6.54 Å². The van der Waals surface area contributed by atoms with E-state index in [9.17, 15) is 10.1 Å². The number of nitro groups is 1. The van der Waals surface area contributed by atoms with Crippen LogP contribution in [0.1, 0.15) is 25.3 Å².